The maximum absolute atomic E-state index is 12.5. The molecule has 1 amide bonds. The van der Waals surface area contributed by atoms with Crippen LogP contribution in [0.5, 0.6) is 0 Å². The van der Waals surface area contributed by atoms with Gasteiger partial charge in [0.15, 0.2) is 0 Å². The van der Waals surface area contributed by atoms with Crippen LogP contribution in [0, 0.1) is 6.92 Å². The zero-order valence-electron chi connectivity index (χ0n) is 12.7. The predicted octanol–water partition coefficient (Wildman–Crippen LogP) is 3.03. The smallest absolute Gasteiger partial charge is 0.253 e. The molecule has 0 aliphatic heterocycles. The second-order valence-electron chi connectivity index (χ2n) is 4.99. The molecule has 21 heavy (non-hydrogen) atoms. The van der Waals surface area contributed by atoms with Crippen LogP contribution in [-0.4, -0.2) is 22.4 Å². The first kappa shape index (κ1) is 15.1. The quantitative estimate of drug-likeness (QED) is 0.764. The number of H-pyrrole nitrogens is 1. The number of hydrogen-bond acceptors (Lipinski definition) is 3. The van der Waals surface area contributed by atoms with Crippen molar-refractivity contribution in [3.05, 3.63) is 47.5 Å². The summed E-state index contributed by atoms with van der Waals surface area (Å²) in [5.74, 6) is 0.692. The molecule has 112 valence electrons. The van der Waals surface area contributed by atoms with E-state index in [4.69, 9.17) is 0 Å². The summed E-state index contributed by atoms with van der Waals surface area (Å²) in [7, 11) is 0. The third-order valence-corrected chi connectivity index (χ3v) is 3.35. The van der Waals surface area contributed by atoms with E-state index in [1.54, 1.807) is 12.4 Å². The number of benzene rings is 1. The lowest BCUT2D eigenvalue weighted by Crippen LogP contribution is -2.29. The van der Waals surface area contributed by atoms with E-state index in [-0.39, 0.29) is 11.9 Å². The Balaban J connectivity index is 2.19. The highest BCUT2D eigenvalue weighted by Gasteiger charge is 2.18. The van der Waals surface area contributed by atoms with Crippen LogP contribution >= 0.6 is 0 Å². The van der Waals surface area contributed by atoms with Gasteiger partial charge in [0, 0.05) is 24.6 Å². The lowest BCUT2D eigenvalue weighted by Gasteiger charge is -2.17. The molecule has 0 aliphatic carbocycles. The summed E-state index contributed by atoms with van der Waals surface area (Å²) in [6, 6.07) is 5.69. The van der Waals surface area contributed by atoms with Crippen molar-refractivity contribution < 1.29 is 4.79 Å². The molecule has 1 aromatic heterocycles. The van der Waals surface area contributed by atoms with E-state index in [0.29, 0.717) is 5.56 Å². The van der Waals surface area contributed by atoms with Crippen molar-refractivity contribution in [3.63, 3.8) is 0 Å². The van der Waals surface area contributed by atoms with Crippen molar-refractivity contribution >= 4 is 11.6 Å². The van der Waals surface area contributed by atoms with E-state index >= 15 is 0 Å². The highest BCUT2D eigenvalue weighted by Crippen LogP contribution is 2.19. The Bertz CT molecular complexity index is 592. The highest BCUT2D eigenvalue weighted by atomic mass is 16.1. The summed E-state index contributed by atoms with van der Waals surface area (Å²) in [5.41, 5.74) is 2.65. The minimum absolute atomic E-state index is 0.0887. The molecule has 0 radical (unpaired) electrons. The fourth-order valence-electron chi connectivity index (χ4n) is 2.26. The molecule has 0 saturated carbocycles. The number of carbonyl (C=O) groups excluding carboxylic acids is 1. The number of nitrogens with zero attached hydrogens (tertiary/aromatic N) is 1. The molecule has 5 heteroatoms. The Morgan fingerprint density at radius 3 is 2.81 bits per heavy atom. The zero-order chi connectivity index (χ0) is 15.2. The average molecular weight is 286 g/mol. The maximum atomic E-state index is 12.5. The largest absolute Gasteiger partial charge is 0.385 e. The molecule has 2 rings (SSSR count). The van der Waals surface area contributed by atoms with Gasteiger partial charge in [-0.1, -0.05) is 13.0 Å². The Morgan fingerprint density at radius 2 is 2.19 bits per heavy atom. The van der Waals surface area contributed by atoms with E-state index in [1.807, 2.05) is 39.0 Å². The van der Waals surface area contributed by atoms with Crippen molar-refractivity contribution in [1.82, 2.24) is 15.3 Å². The molecule has 5 nitrogen and oxygen atoms in total. The lowest BCUT2D eigenvalue weighted by molar-refractivity contribution is 0.0934. The standard InChI is InChI=1S/C16H22N4O/c1-4-13(15-18-8-9-19-15)20-16(21)12-7-6-11(3)10-14(12)17-5-2/h6-10,13,17H,4-5H2,1-3H3,(H,18,19)(H,20,21). The summed E-state index contributed by atoms with van der Waals surface area (Å²) < 4.78 is 0. The molecule has 0 aliphatic rings. The van der Waals surface area contributed by atoms with Gasteiger partial charge in [-0.05, 0) is 38.0 Å². The minimum atomic E-state index is -0.108. The number of aromatic nitrogens is 2. The molecule has 1 heterocycles. The van der Waals surface area contributed by atoms with Gasteiger partial charge in [-0.2, -0.15) is 0 Å². The van der Waals surface area contributed by atoms with Gasteiger partial charge in [0.05, 0.1) is 11.6 Å². The summed E-state index contributed by atoms with van der Waals surface area (Å²) in [5, 5.41) is 6.27. The van der Waals surface area contributed by atoms with Crippen LogP contribution in [0.1, 0.15) is 48.1 Å². The Hall–Kier alpha value is -2.30. The highest BCUT2D eigenvalue weighted by molar-refractivity contribution is 5.99. The average Bonchev–Trinajstić information content (AvgIpc) is 2.99. The predicted molar refractivity (Wildman–Crippen MR) is 84.4 cm³/mol. The van der Waals surface area contributed by atoms with Crippen molar-refractivity contribution in [3.8, 4) is 0 Å². The second-order valence-corrected chi connectivity index (χ2v) is 4.99. The first-order valence-corrected chi connectivity index (χ1v) is 7.30. The number of aromatic amines is 1. The minimum Gasteiger partial charge on any atom is -0.385 e. The van der Waals surface area contributed by atoms with Crippen LogP contribution in [-0.2, 0) is 0 Å². The van der Waals surface area contributed by atoms with E-state index in [0.717, 1.165) is 30.0 Å². The van der Waals surface area contributed by atoms with Gasteiger partial charge < -0.3 is 15.6 Å². The first-order chi connectivity index (χ1) is 10.2. The van der Waals surface area contributed by atoms with Gasteiger partial charge in [-0.15, -0.1) is 0 Å². The summed E-state index contributed by atoms with van der Waals surface area (Å²) in [6.07, 6.45) is 4.24. The number of rotatable bonds is 6. The molecule has 3 N–H and O–H groups in total. The Kier molecular flexibility index (Phi) is 4.98. The number of imidazole rings is 1. The van der Waals surface area contributed by atoms with Crippen LogP contribution in [0.25, 0.3) is 0 Å². The molecule has 1 atom stereocenters. The van der Waals surface area contributed by atoms with Crippen molar-refractivity contribution in [2.24, 2.45) is 0 Å². The van der Waals surface area contributed by atoms with Crippen LogP contribution in [0.4, 0.5) is 5.69 Å². The molecule has 1 aromatic carbocycles. The first-order valence-electron chi connectivity index (χ1n) is 7.30. The van der Waals surface area contributed by atoms with Crippen LogP contribution in [0.3, 0.4) is 0 Å². The summed E-state index contributed by atoms with van der Waals surface area (Å²) in [6.45, 7) is 6.83. The van der Waals surface area contributed by atoms with Gasteiger partial charge in [0.25, 0.3) is 5.91 Å². The van der Waals surface area contributed by atoms with Gasteiger partial charge in [0.2, 0.25) is 0 Å². The summed E-state index contributed by atoms with van der Waals surface area (Å²) in [4.78, 5) is 19.8. The molecule has 2 aromatic rings. The van der Waals surface area contributed by atoms with Crippen molar-refractivity contribution in [1.29, 1.82) is 0 Å². The van der Waals surface area contributed by atoms with Gasteiger partial charge in [-0.3, -0.25) is 4.79 Å². The summed E-state index contributed by atoms with van der Waals surface area (Å²) >= 11 is 0. The molecule has 0 fully saturated rings. The SMILES string of the molecule is CCNc1cc(C)ccc1C(=O)NC(CC)c1ncc[nH]1. The third-order valence-electron chi connectivity index (χ3n) is 3.35. The van der Waals surface area contributed by atoms with Crippen LogP contribution in [0.15, 0.2) is 30.6 Å². The molecular formula is C16H22N4O. The molecule has 0 saturated heterocycles. The Morgan fingerprint density at radius 1 is 1.38 bits per heavy atom. The number of hydrogen-bond donors (Lipinski definition) is 3. The monoisotopic (exact) mass is 286 g/mol. The fourth-order valence-corrected chi connectivity index (χ4v) is 2.26. The fraction of sp³-hybridized carbons (Fsp3) is 0.375. The third kappa shape index (κ3) is 3.62. The number of carbonyl (C=O) groups is 1. The molecular weight excluding hydrogens is 264 g/mol. The Labute approximate surface area is 125 Å². The topological polar surface area (TPSA) is 69.8 Å². The van der Waals surface area contributed by atoms with E-state index in [9.17, 15) is 4.79 Å². The molecule has 0 spiro atoms. The zero-order valence-corrected chi connectivity index (χ0v) is 12.7. The van der Waals surface area contributed by atoms with Crippen molar-refractivity contribution in [2.45, 2.75) is 33.2 Å². The number of aryl methyl sites for hydroxylation is 1. The number of nitrogens with one attached hydrogen (secondary N) is 3. The molecule has 1 unspecified atom stereocenters. The van der Waals surface area contributed by atoms with Gasteiger partial charge >= 0.3 is 0 Å². The van der Waals surface area contributed by atoms with Gasteiger partial charge in [0.1, 0.15) is 5.82 Å². The molecule has 0 bridgehead atoms. The maximum Gasteiger partial charge on any atom is 0.253 e. The second kappa shape index (κ2) is 6.92. The normalized spacial score (nSPS) is 12.0. The van der Waals surface area contributed by atoms with E-state index < -0.39 is 0 Å². The van der Waals surface area contributed by atoms with E-state index in [1.165, 1.54) is 0 Å². The van der Waals surface area contributed by atoms with Crippen molar-refractivity contribution in [2.75, 3.05) is 11.9 Å². The van der Waals surface area contributed by atoms with Gasteiger partial charge in [-0.25, -0.2) is 4.98 Å². The van der Waals surface area contributed by atoms with Crippen LogP contribution in [0.2, 0.25) is 0 Å². The van der Waals surface area contributed by atoms with Crippen LogP contribution < -0.4 is 10.6 Å². The lowest BCUT2D eigenvalue weighted by atomic mass is 10.1. The number of amides is 1. The van der Waals surface area contributed by atoms with E-state index in [2.05, 4.69) is 20.6 Å². The number of anilines is 1.